The Balaban J connectivity index is 0.000000152. The van der Waals surface area contributed by atoms with Gasteiger partial charge in [-0.2, -0.15) is 0 Å². The van der Waals surface area contributed by atoms with Crippen LogP contribution in [0.3, 0.4) is 0 Å². The van der Waals surface area contributed by atoms with E-state index in [1.54, 1.807) is 36.8 Å². The van der Waals surface area contributed by atoms with Crippen molar-refractivity contribution in [1.29, 1.82) is 0 Å². The number of benzene rings is 6. The Labute approximate surface area is 362 Å². The maximum absolute atomic E-state index is 13.8. The third-order valence-corrected chi connectivity index (χ3v) is 9.20. The normalized spacial score (nSPS) is 10.3. The van der Waals surface area contributed by atoms with Crippen LogP contribution in [0.2, 0.25) is 0 Å². The average molecular weight is 994 g/mol. The van der Waals surface area contributed by atoms with Crippen molar-refractivity contribution < 1.29 is 46.4 Å². The second-order valence-corrected chi connectivity index (χ2v) is 13.3. The van der Waals surface area contributed by atoms with Crippen molar-refractivity contribution in [2.45, 2.75) is 0 Å². The zero-order chi connectivity index (χ0) is 41.8. The van der Waals surface area contributed by atoms with Gasteiger partial charge in [0.25, 0.3) is 0 Å². The third-order valence-electron chi connectivity index (χ3n) is 9.20. The molecule has 0 bridgehead atoms. The molecule has 0 aliphatic rings. The number of hydrogen-bond acceptors (Lipinski definition) is 3. The van der Waals surface area contributed by atoms with Crippen LogP contribution in [0, 0.1) is 34.9 Å². The van der Waals surface area contributed by atoms with Gasteiger partial charge in [-0.3, -0.25) is 15.0 Å². The minimum Gasteiger partial charge on any atom is -0.256 e. The van der Waals surface area contributed by atoms with E-state index in [0.717, 1.165) is 52.0 Å². The molecule has 0 fully saturated rings. The summed E-state index contributed by atoms with van der Waals surface area (Å²) in [5.74, 6) is -3.43. The minimum atomic E-state index is -0.577. The summed E-state index contributed by atoms with van der Waals surface area (Å²) < 4.78 is 80.3. The summed E-state index contributed by atoms with van der Waals surface area (Å²) in [5.41, 5.74) is 8.37. The quantitative estimate of drug-likeness (QED) is 0.156. The average Bonchev–Trinajstić information content (AvgIpc) is 3.28. The topological polar surface area (TPSA) is 38.7 Å². The molecule has 3 nitrogen and oxygen atoms in total. The number of halogens is 6. The summed E-state index contributed by atoms with van der Waals surface area (Å²) in [5, 5.41) is 0. The molecule has 0 amide bonds. The predicted molar refractivity (Wildman–Crippen MR) is 225 cm³/mol. The number of aromatic nitrogens is 3. The van der Waals surface area contributed by atoms with Gasteiger partial charge >= 0.3 is 20.1 Å². The molecule has 0 saturated carbocycles. The molecule has 0 unspecified atom stereocenters. The van der Waals surface area contributed by atoms with Gasteiger partial charge < -0.3 is 0 Å². The summed E-state index contributed by atoms with van der Waals surface area (Å²) in [6, 6.07) is 49.8. The van der Waals surface area contributed by atoms with Crippen LogP contribution in [0.1, 0.15) is 0 Å². The largest absolute Gasteiger partial charge is 3.00 e. The van der Waals surface area contributed by atoms with Crippen molar-refractivity contribution in [3.63, 3.8) is 0 Å². The minimum absolute atomic E-state index is 0. The van der Waals surface area contributed by atoms with E-state index >= 15 is 0 Å². The van der Waals surface area contributed by atoms with E-state index in [4.69, 9.17) is 0 Å². The first-order valence-electron chi connectivity index (χ1n) is 18.6. The zero-order valence-corrected chi connectivity index (χ0v) is 34.4. The first-order valence-corrected chi connectivity index (χ1v) is 18.6. The van der Waals surface area contributed by atoms with Crippen LogP contribution in [0.5, 0.6) is 0 Å². The van der Waals surface area contributed by atoms with Crippen molar-refractivity contribution >= 4 is 0 Å². The van der Waals surface area contributed by atoms with E-state index in [-0.39, 0.29) is 20.1 Å². The summed E-state index contributed by atoms with van der Waals surface area (Å²) in [7, 11) is 0. The molecule has 0 aliphatic heterocycles. The van der Waals surface area contributed by atoms with Gasteiger partial charge in [-0.1, -0.05) is 72.8 Å². The molecule has 0 radical (unpaired) electrons. The van der Waals surface area contributed by atoms with E-state index in [0.29, 0.717) is 33.4 Å². The monoisotopic (exact) mass is 994 g/mol. The molecular formula is C51H33F6IrN3+3. The fourth-order valence-corrected chi connectivity index (χ4v) is 6.31. The number of rotatable bonds is 6. The van der Waals surface area contributed by atoms with Gasteiger partial charge in [0.15, 0.2) is 0 Å². The summed E-state index contributed by atoms with van der Waals surface area (Å²) in [4.78, 5) is 12.8. The number of pyridine rings is 3. The maximum atomic E-state index is 13.8. The van der Waals surface area contributed by atoms with E-state index in [2.05, 4.69) is 15.0 Å². The maximum Gasteiger partial charge on any atom is 3.00 e. The van der Waals surface area contributed by atoms with E-state index in [1.807, 2.05) is 109 Å². The number of hydrogen-bond donors (Lipinski definition) is 0. The number of nitrogens with zero attached hydrogens (tertiary/aromatic N) is 3. The van der Waals surface area contributed by atoms with Crippen LogP contribution < -0.4 is 0 Å². The zero-order valence-electron chi connectivity index (χ0n) is 32.0. The second kappa shape index (κ2) is 20.8. The van der Waals surface area contributed by atoms with Crippen molar-refractivity contribution in [3.8, 4) is 67.2 Å². The smallest absolute Gasteiger partial charge is 0.256 e. The molecule has 0 N–H and O–H groups in total. The van der Waals surface area contributed by atoms with E-state index < -0.39 is 34.9 Å². The Hall–Kier alpha value is -7.00. The van der Waals surface area contributed by atoms with Crippen molar-refractivity contribution in [3.05, 3.63) is 235 Å². The third kappa shape index (κ3) is 11.4. The summed E-state index contributed by atoms with van der Waals surface area (Å²) >= 11 is 0. The standard InChI is InChI=1S/3C17H11F2N.Ir/c3*18-14-7-8-15(16(19)11-14)12-4-3-5-13(10-12)17-6-1-2-9-20-17;/h3*1-11H;/q;;;+3. The molecule has 9 aromatic rings. The first-order chi connectivity index (χ1) is 29.2. The molecule has 61 heavy (non-hydrogen) atoms. The SMILES string of the molecule is Fc1ccc(-c2cccc(-c3ccccn3)c2)c(F)c1.Fc1ccc(-c2cccc(-c3ccccn3)c2)c(F)c1.Fc1ccc(-c2cccc(-c3ccccn3)c2)c(F)c1.[Ir+3]. The van der Waals surface area contributed by atoms with E-state index in [1.165, 1.54) is 36.4 Å². The molecule has 10 heteroatoms. The van der Waals surface area contributed by atoms with Crippen LogP contribution in [-0.2, 0) is 20.1 Å². The van der Waals surface area contributed by atoms with Gasteiger partial charge in [-0.05, 0) is 108 Å². The van der Waals surface area contributed by atoms with Crippen LogP contribution in [0.15, 0.2) is 201 Å². The van der Waals surface area contributed by atoms with Crippen LogP contribution in [0.25, 0.3) is 67.2 Å². The Morgan fingerprint density at radius 2 is 0.541 bits per heavy atom. The molecule has 9 rings (SSSR count). The molecule has 3 aromatic heterocycles. The Kier molecular flexibility index (Phi) is 14.9. The molecule has 3 heterocycles. The van der Waals surface area contributed by atoms with Crippen LogP contribution in [-0.4, -0.2) is 15.0 Å². The van der Waals surface area contributed by atoms with Gasteiger partial charge in [-0.25, -0.2) is 26.3 Å². The van der Waals surface area contributed by atoms with Gasteiger partial charge in [0.1, 0.15) is 34.9 Å². The van der Waals surface area contributed by atoms with Gasteiger partial charge in [0, 0.05) is 70.2 Å². The fourth-order valence-electron chi connectivity index (χ4n) is 6.31. The Morgan fingerprint density at radius 3 is 0.787 bits per heavy atom. The summed E-state index contributed by atoms with van der Waals surface area (Å²) in [6.45, 7) is 0. The molecule has 6 aromatic carbocycles. The van der Waals surface area contributed by atoms with Crippen molar-refractivity contribution in [2.24, 2.45) is 0 Å². The molecule has 0 spiro atoms. The van der Waals surface area contributed by atoms with Gasteiger partial charge in [0.2, 0.25) is 0 Å². The van der Waals surface area contributed by atoms with Gasteiger partial charge in [-0.15, -0.1) is 0 Å². The molecule has 0 atom stereocenters. The molecular weight excluding hydrogens is 961 g/mol. The first kappa shape index (κ1) is 43.6. The molecule has 0 aliphatic carbocycles. The fraction of sp³-hybridized carbons (Fsp3) is 0. The van der Waals surface area contributed by atoms with Crippen molar-refractivity contribution in [1.82, 2.24) is 15.0 Å². The Bertz CT molecular complexity index is 2530. The second-order valence-electron chi connectivity index (χ2n) is 13.3. The van der Waals surface area contributed by atoms with Crippen LogP contribution >= 0.6 is 0 Å². The van der Waals surface area contributed by atoms with Gasteiger partial charge in [0.05, 0.1) is 17.1 Å². The molecule has 300 valence electrons. The summed E-state index contributed by atoms with van der Waals surface area (Å²) in [6.07, 6.45) is 5.13. The van der Waals surface area contributed by atoms with Crippen LogP contribution in [0.4, 0.5) is 26.3 Å². The van der Waals surface area contributed by atoms with Crippen molar-refractivity contribution in [2.75, 3.05) is 0 Å². The van der Waals surface area contributed by atoms with E-state index in [9.17, 15) is 26.3 Å². The predicted octanol–water partition coefficient (Wildman–Crippen LogP) is 14.1. The molecule has 0 saturated heterocycles. The Morgan fingerprint density at radius 1 is 0.262 bits per heavy atom.